The van der Waals surface area contributed by atoms with Crippen molar-refractivity contribution in [2.45, 2.75) is 33.2 Å². The Morgan fingerprint density at radius 3 is 2.56 bits per heavy atom. The van der Waals surface area contributed by atoms with Crippen LogP contribution in [-0.2, 0) is 6.42 Å². The lowest BCUT2D eigenvalue weighted by atomic mass is 10.0. The molecule has 1 aromatic rings. The fourth-order valence-electron chi connectivity index (χ4n) is 2.06. The van der Waals surface area contributed by atoms with Gasteiger partial charge in [-0.2, -0.15) is 0 Å². The second-order valence-corrected chi connectivity index (χ2v) is 5.81. The maximum absolute atomic E-state index is 5.81. The Morgan fingerprint density at radius 1 is 1.44 bits per heavy atom. The topological polar surface area (TPSA) is 29.3 Å². The van der Waals surface area contributed by atoms with E-state index < -0.39 is 0 Å². The van der Waals surface area contributed by atoms with Crippen LogP contribution in [0, 0.1) is 12.8 Å². The highest BCUT2D eigenvalue weighted by atomic mass is 32.1. The zero-order chi connectivity index (χ0) is 12.1. The summed E-state index contributed by atoms with van der Waals surface area (Å²) in [5.41, 5.74) is 7.24. The first-order valence-electron chi connectivity index (χ1n) is 5.99. The van der Waals surface area contributed by atoms with Crippen molar-refractivity contribution in [1.82, 2.24) is 4.90 Å². The molecule has 1 heterocycles. The third kappa shape index (κ3) is 3.58. The Morgan fingerprint density at radius 2 is 2.12 bits per heavy atom. The highest BCUT2D eigenvalue weighted by molar-refractivity contribution is 7.10. The van der Waals surface area contributed by atoms with Crippen LogP contribution in [0.25, 0.3) is 0 Å². The Kier molecular flexibility index (Phi) is 5.46. The molecule has 1 rings (SSSR count). The van der Waals surface area contributed by atoms with Crippen molar-refractivity contribution in [3.63, 3.8) is 0 Å². The van der Waals surface area contributed by atoms with Crippen molar-refractivity contribution >= 4 is 11.3 Å². The van der Waals surface area contributed by atoms with Gasteiger partial charge in [-0.25, -0.2) is 0 Å². The third-order valence-corrected chi connectivity index (χ3v) is 4.32. The van der Waals surface area contributed by atoms with Crippen LogP contribution in [0.3, 0.4) is 0 Å². The molecule has 2 N–H and O–H groups in total. The minimum atomic E-state index is 0.500. The fraction of sp³-hybridized carbons (Fsp3) is 0.692. The molecule has 92 valence electrons. The van der Waals surface area contributed by atoms with E-state index in [-0.39, 0.29) is 0 Å². The van der Waals surface area contributed by atoms with E-state index in [1.165, 1.54) is 10.4 Å². The Balaban J connectivity index is 2.46. The molecule has 1 unspecified atom stereocenters. The Bertz CT molecular complexity index is 307. The van der Waals surface area contributed by atoms with Crippen molar-refractivity contribution in [3.8, 4) is 0 Å². The molecule has 0 bridgehead atoms. The van der Waals surface area contributed by atoms with Crippen LogP contribution in [0.2, 0.25) is 0 Å². The molecule has 0 radical (unpaired) electrons. The van der Waals surface area contributed by atoms with Crippen LogP contribution in [0.5, 0.6) is 0 Å². The van der Waals surface area contributed by atoms with Crippen LogP contribution in [0.4, 0.5) is 0 Å². The molecule has 0 saturated carbocycles. The molecule has 0 amide bonds. The summed E-state index contributed by atoms with van der Waals surface area (Å²) in [6.45, 7) is 8.52. The minimum Gasteiger partial charge on any atom is -0.329 e. The lowest BCUT2D eigenvalue weighted by Gasteiger charge is -2.30. The molecular weight excluding hydrogens is 216 g/mol. The summed E-state index contributed by atoms with van der Waals surface area (Å²) in [4.78, 5) is 3.90. The van der Waals surface area contributed by atoms with Gasteiger partial charge < -0.3 is 10.6 Å². The number of hydrogen-bond acceptors (Lipinski definition) is 3. The molecule has 3 heteroatoms. The van der Waals surface area contributed by atoms with E-state index in [4.69, 9.17) is 5.73 Å². The van der Waals surface area contributed by atoms with Crippen LogP contribution in [0.1, 0.15) is 24.3 Å². The lowest BCUT2D eigenvalue weighted by molar-refractivity contribution is 0.200. The lowest BCUT2D eigenvalue weighted by Crippen LogP contribution is -2.42. The first-order chi connectivity index (χ1) is 7.56. The monoisotopic (exact) mass is 240 g/mol. The van der Waals surface area contributed by atoms with Gasteiger partial charge in [0.1, 0.15) is 0 Å². The van der Waals surface area contributed by atoms with E-state index in [9.17, 15) is 0 Å². The van der Waals surface area contributed by atoms with E-state index in [0.717, 1.165) is 19.5 Å². The second-order valence-electron chi connectivity index (χ2n) is 4.80. The van der Waals surface area contributed by atoms with Crippen LogP contribution in [0.15, 0.2) is 11.4 Å². The largest absolute Gasteiger partial charge is 0.329 e. The molecule has 0 aromatic carbocycles. The minimum absolute atomic E-state index is 0.500. The summed E-state index contributed by atoms with van der Waals surface area (Å²) in [5, 5.41) is 2.17. The molecule has 0 aliphatic heterocycles. The van der Waals surface area contributed by atoms with Crippen LogP contribution in [-0.4, -0.2) is 31.1 Å². The molecule has 0 saturated heterocycles. The SMILES string of the molecule is Cc1ccsc1CCN(C)C(CN)C(C)C. The average molecular weight is 240 g/mol. The van der Waals surface area contributed by atoms with Crippen molar-refractivity contribution < 1.29 is 0 Å². The summed E-state index contributed by atoms with van der Waals surface area (Å²) < 4.78 is 0. The van der Waals surface area contributed by atoms with Gasteiger partial charge in [0, 0.05) is 24.0 Å². The first kappa shape index (κ1) is 13.7. The predicted molar refractivity (Wildman–Crippen MR) is 73.1 cm³/mol. The normalized spacial score (nSPS) is 13.7. The number of aryl methyl sites for hydroxylation is 1. The van der Waals surface area contributed by atoms with Gasteiger partial charge in [0.25, 0.3) is 0 Å². The second kappa shape index (κ2) is 6.38. The Hall–Kier alpha value is -0.380. The quantitative estimate of drug-likeness (QED) is 0.828. The highest BCUT2D eigenvalue weighted by Gasteiger charge is 2.16. The number of nitrogens with zero attached hydrogens (tertiary/aromatic N) is 1. The maximum atomic E-state index is 5.81. The molecule has 16 heavy (non-hydrogen) atoms. The summed E-state index contributed by atoms with van der Waals surface area (Å²) in [6, 6.07) is 2.70. The Labute approximate surface area is 103 Å². The van der Waals surface area contributed by atoms with E-state index >= 15 is 0 Å². The first-order valence-corrected chi connectivity index (χ1v) is 6.87. The summed E-state index contributed by atoms with van der Waals surface area (Å²) in [7, 11) is 2.18. The van der Waals surface area contributed by atoms with Gasteiger partial charge in [0.15, 0.2) is 0 Å². The van der Waals surface area contributed by atoms with E-state index in [2.05, 4.69) is 44.2 Å². The number of thiophene rings is 1. The fourth-order valence-corrected chi connectivity index (χ4v) is 2.96. The van der Waals surface area contributed by atoms with Gasteiger partial charge in [0.05, 0.1) is 0 Å². The maximum Gasteiger partial charge on any atom is 0.0238 e. The van der Waals surface area contributed by atoms with Crippen molar-refractivity contribution in [2.24, 2.45) is 11.7 Å². The third-order valence-electron chi connectivity index (χ3n) is 3.24. The molecule has 1 aromatic heterocycles. The smallest absolute Gasteiger partial charge is 0.0238 e. The van der Waals surface area contributed by atoms with Crippen molar-refractivity contribution in [3.05, 3.63) is 21.9 Å². The van der Waals surface area contributed by atoms with Gasteiger partial charge in [-0.15, -0.1) is 11.3 Å². The standard InChI is InChI=1S/C13H24N2S/c1-10(2)12(9-14)15(4)7-5-13-11(3)6-8-16-13/h6,8,10,12H,5,7,9,14H2,1-4H3. The van der Waals surface area contributed by atoms with Gasteiger partial charge in [-0.3, -0.25) is 0 Å². The molecule has 0 aliphatic carbocycles. The molecular formula is C13H24N2S. The molecule has 2 nitrogen and oxygen atoms in total. The molecule has 1 atom stereocenters. The van der Waals surface area contributed by atoms with Crippen LogP contribution < -0.4 is 5.73 Å². The average Bonchev–Trinajstić information content (AvgIpc) is 2.61. The zero-order valence-electron chi connectivity index (χ0n) is 10.9. The van der Waals surface area contributed by atoms with Crippen molar-refractivity contribution in [1.29, 1.82) is 0 Å². The number of rotatable bonds is 6. The van der Waals surface area contributed by atoms with Gasteiger partial charge in [0.2, 0.25) is 0 Å². The van der Waals surface area contributed by atoms with Crippen molar-refractivity contribution in [2.75, 3.05) is 20.1 Å². The number of likely N-dealkylation sites (N-methyl/N-ethyl adjacent to an activating group) is 1. The van der Waals surface area contributed by atoms with Gasteiger partial charge >= 0.3 is 0 Å². The molecule has 0 aliphatic rings. The highest BCUT2D eigenvalue weighted by Crippen LogP contribution is 2.17. The number of hydrogen-bond donors (Lipinski definition) is 1. The summed E-state index contributed by atoms with van der Waals surface area (Å²) in [6.07, 6.45) is 1.14. The zero-order valence-corrected chi connectivity index (χ0v) is 11.7. The van der Waals surface area contributed by atoms with E-state index in [0.29, 0.717) is 12.0 Å². The van der Waals surface area contributed by atoms with Gasteiger partial charge in [-0.1, -0.05) is 13.8 Å². The summed E-state index contributed by atoms with van der Waals surface area (Å²) in [5.74, 6) is 0.624. The van der Waals surface area contributed by atoms with E-state index in [1.807, 2.05) is 11.3 Å². The predicted octanol–water partition coefficient (Wildman–Crippen LogP) is 2.51. The van der Waals surface area contributed by atoms with E-state index in [1.54, 1.807) is 0 Å². The van der Waals surface area contributed by atoms with Crippen LogP contribution >= 0.6 is 11.3 Å². The van der Waals surface area contributed by atoms with Gasteiger partial charge in [-0.05, 0) is 43.3 Å². The summed E-state index contributed by atoms with van der Waals surface area (Å²) >= 11 is 1.86. The molecule has 0 fully saturated rings. The number of nitrogens with two attached hydrogens (primary N) is 1. The molecule has 0 spiro atoms.